The molecule has 1 rings (SSSR count). The minimum atomic E-state index is -0.490. The van der Waals surface area contributed by atoms with E-state index >= 15 is 0 Å². The zero-order chi connectivity index (χ0) is 13.0. The number of carbonyl (C=O) groups is 1. The van der Waals surface area contributed by atoms with Gasteiger partial charge in [0.25, 0.3) is 5.56 Å². The predicted molar refractivity (Wildman–Crippen MR) is 66.3 cm³/mol. The van der Waals surface area contributed by atoms with Gasteiger partial charge in [0.05, 0.1) is 11.9 Å². The van der Waals surface area contributed by atoms with Crippen molar-refractivity contribution >= 4 is 23.2 Å². The fourth-order valence-corrected chi connectivity index (χ4v) is 1.51. The lowest BCUT2D eigenvalue weighted by atomic mass is 10.3. The molecule has 0 aliphatic carbocycles. The lowest BCUT2D eigenvalue weighted by Crippen LogP contribution is -2.36. The molecule has 6 nitrogen and oxygen atoms in total. The summed E-state index contributed by atoms with van der Waals surface area (Å²) < 4.78 is 1.25. The summed E-state index contributed by atoms with van der Waals surface area (Å²) in [4.78, 5) is 23.0. The maximum absolute atomic E-state index is 11.7. The molecule has 94 valence electrons. The van der Waals surface area contributed by atoms with Crippen LogP contribution in [0.15, 0.2) is 11.0 Å². The van der Waals surface area contributed by atoms with Crippen molar-refractivity contribution in [2.45, 2.75) is 26.4 Å². The Morgan fingerprint density at radius 3 is 2.82 bits per heavy atom. The summed E-state index contributed by atoms with van der Waals surface area (Å²) in [6.45, 7) is 3.91. The summed E-state index contributed by atoms with van der Waals surface area (Å²) >= 11 is 5.90. The molecule has 0 bridgehead atoms. The van der Waals surface area contributed by atoms with E-state index in [1.807, 2.05) is 0 Å². The molecule has 1 atom stereocenters. The van der Waals surface area contributed by atoms with Crippen molar-refractivity contribution in [3.63, 3.8) is 0 Å². The number of anilines is 1. The Kier molecular flexibility index (Phi) is 4.51. The van der Waals surface area contributed by atoms with Crippen molar-refractivity contribution < 1.29 is 4.79 Å². The Bertz CT molecular complexity index is 472. The average Bonchev–Trinajstić information content (AvgIpc) is 2.34. The number of likely N-dealkylation sites (N-methyl/N-ethyl adjacent to an activating group) is 1. The van der Waals surface area contributed by atoms with Crippen molar-refractivity contribution in [3.8, 4) is 0 Å². The van der Waals surface area contributed by atoms with E-state index in [2.05, 4.69) is 15.7 Å². The third-order valence-electron chi connectivity index (χ3n) is 2.30. The Morgan fingerprint density at radius 2 is 2.29 bits per heavy atom. The summed E-state index contributed by atoms with van der Waals surface area (Å²) in [6.07, 6.45) is 1.44. The number of carbonyl (C=O) groups excluding carboxylic acids is 1. The minimum absolute atomic E-state index is 0.0394. The normalized spacial score (nSPS) is 12.0. The molecule has 0 radical (unpaired) electrons. The van der Waals surface area contributed by atoms with Crippen molar-refractivity contribution in [2.75, 3.05) is 12.4 Å². The molecule has 0 aromatic carbocycles. The topological polar surface area (TPSA) is 76.0 Å². The van der Waals surface area contributed by atoms with Crippen LogP contribution in [0.2, 0.25) is 5.02 Å². The highest BCUT2D eigenvalue weighted by molar-refractivity contribution is 6.33. The van der Waals surface area contributed by atoms with Gasteiger partial charge in [-0.2, -0.15) is 5.10 Å². The van der Waals surface area contributed by atoms with Crippen molar-refractivity contribution in [1.82, 2.24) is 15.1 Å². The molecule has 17 heavy (non-hydrogen) atoms. The number of aryl methyl sites for hydroxylation is 1. The first kappa shape index (κ1) is 13.5. The van der Waals surface area contributed by atoms with Crippen molar-refractivity contribution in [1.29, 1.82) is 0 Å². The van der Waals surface area contributed by atoms with Crippen LogP contribution in [-0.4, -0.2) is 28.8 Å². The first-order chi connectivity index (χ1) is 8.01. The zero-order valence-electron chi connectivity index (χ0n) is 9.95. The third-order valence-corrected chi connectivity index (χ3v) is 2.66. The number of amides is 1. The summed E-state index contributed by atoms with van der Waals surface area (Å²) in [5.74, 6) is -0.194. The van der Waals surface area contributed by atoms with Crippen LogP contribution >= 0.6 is 11.6 Å². The van der Waals surface area contributed by atoms with Crippen LogP contribution in [0.3, 0.4) is 0 Å². The maximum atomic E-state index is 11.7. The molecule has 2 N–H and O–H groups in total. The summed E-state index contributed by atoms with van der Waals surface area (Å²) in [5, 5.41) is 9.29. The van der Waals surface area contributed by atoms with Gasteiger partial charge in [0.1, 0.15) is 11.1 Å². The first-order valence-electron chi connectivity index (χ1n) is 5.25. The van der Waals surface area contributed by atoms with E-state index in [4.69, 9.17) is 11.6 Å². The predicted octanol–water partition coefficient (Wildman–Crippen LogP) is 0.463. The van der Waals surface area contributed by atoms with E-state index in [0.717, 1.165) is 0 Å². The molecule has 0 saturated carbocycles. The van der Waals surface area contributed by atoms with Crippen LogP contribution in [0, 0.1) is 0 Å². The first-order valence-corrected chi connectivity index (χ1v) is 5.62. The second-order valence-corrected chi connectivity index (χ2v) is 3.85. The molecule has 0 aliphatic heterocycles. The zero-order valence-corrected chi connectivity index (χ0v) is 10.7. The standard InChI is InChI=1S/C10H15ClN4O2/c1-4-15-10(17)8(11)7(5-13-15)14-6(2)9(16)12-3/h5-6,14H,4H2,1-3H3,(H,12,16). The molecule has 7 heteroatoms. The van der Waals surface area contributed by atoms with Crippen LogP contribution < -0.4 is 16.2 Å². The van der Waals surface area contributed by atoms with E-state index in [0.29, 0.717) is 12.2 Å². The number of hydrogen-bond donors (Lipinski definition) is 2. The molecule has 1 unspecified atom stereocenters. The largest absolute Gasteiger partial charge is 0.371 e. The number of nitrogens with one attached hydrogen (secondary N) is 2. The molecular weight excluding hydrogens is 244 g/mol. The highest BCUT2D eigenvalue weighted by atomic mass is 35.5. The average molecular weight is 259 g/mol. The Labute approximate surface area is 104 Å². The summed E-state index contributed by atoms with van der Waals surface area (Å²) in [7, 11) is 1.54. The molecule has 0 saturated heterocycles. The SMILES string of the molecule is CCn1ncc(NC(C)C(=O)NC)c(Cl)c1=O. The fourth-order valence-electron chi connectivity index (χ4n) is 1.31. The van der Waals surface area contributed by atoms with Crippen LogP contribution in [0.4, 0.5) is 5.69 Å². The fraction of sp³-hybridized carbons (Fsp3) is 0.500. The number of halogens is 1. The van der Waals surface area contributed by atoms with Gasteiger partial charge in [-0.15, -0.1) is 0 Å². The summed E-state index contributed by atoms with van der Waals surface area (Å²) in [5.41, 5.74) is -0.0132. The highest BCUT2D eigenvalue weighted by Crippen LogP contribution is 2.16. The van der Waals surface area contributed by atoms with E-state index in [9.17, 15) is 9.59 Å². The van der Waals surface area contributed by atoms with Crippen LogP contribution in [0.25, 0.3) is 0 Å². The third kappa shape index (κ3) is 2.97. The number of nitrogens with zero attached hydrogens (tertiary/aromatic N) is 2. The van der Waals surface area contributed by atoms with E-state index < -0.39 is 6.04 Å². The van der Waals surface area contributed by atoms with Gasteiger partial charge < -0.3 is 10.6 Å². The minimum Gasteiger partial charge on any atom is -0.371 e. The van der Waals surface area contributed by atoms with E-state index in [1.54, 1.807) is 13.8 Å². The van der Waals surface area contributed by atoms with Gasteiger partial charge in [-0.05, 0) is 13.8 Å². The highest BCUT2D eigenvalue weighted by Gasteiger charge is 2.14. The molecule has 1 amide bonds. The molecule has 1 aromatic rings. The van der Waals surface area contributed by atoms with Gasteiger partial charge in [0, 0.05) is 13.6 Å². The van der Waals surface area contributed by atoms with Crippen LogP contribution in [0.1, 0.15) is 13.8 Å². The monoisotopic (exact) mass is 258 g/mol. The number of hydrogen-bond acceptors (Lipinski definition) is 4. The van der Waals surface area contributed by atoms with E-state index in [-0.39, 0.29) is 16.5 Å². The quantitative estimate of drug-likeness (QED) is 0.823. The Hall–Kier alpha value is -1.56. The lowest BCUT2D eigenvalue weighted by molar-refractivity contribution is -0.121. The van der Waals surface area contributed by atoms with Gasteiger partial charge in [0.2, 0.25) is 5.91 Å². The van der Waals surface area contributed by atoms with E-state index in [1.165, 1.54) is 17.9 Å². The molecule has 1 heterocycles. The molecule has 1 aromatic heterocycles. The number of rotatable bonds is 4. The van der Waals surface area contributed by atoms with Gasteiger partial charge >= 0.3 is 0 Å². The second kappa shape index (κ2) is 5.67. The lowest BCUT2D eigenvalue weighted by Gasteiger charge is -2.14. The number of aromatic nitrogens is 2. The van der Waals surface area contributed by atoms with Gasteiger partial charge in [-0.3, -0.25) is 9.59 Å². The van der Waals surface area contributed by atoms with Crippen molar-refractivity contribution in [2.24, 2.45) is 0 Å². The Morgan fingerprint density at radius 1 is 1.65 bits per heavy atom. The summed E-state index contributed by atoms with van der Waals surface area (Å²) in [6, 6.07) is -0.490. The molecule has 0 spiro atoms. The molecule has 0 fully saturated rings. The van der Waals surface area contributed by atoms with Crippen LogP contribution in [-0.2, 0) is 11.3 Å². The maximum Gasteiger partial charge on any atom is 0.287 e. The molecule has 0 aliphatic rings. The molecular formula is C10H15ClN4O2. The smallest absolute Gasteiger partial charge is 0.287 e. The van der Waals surface area contributed by atoms with Gasteiger partial charge in [-0.25, -0.2) is 4.68 Å². The second-order valence-electron chi connectivity index (χ2n) is 3.47. The van der Waals surface area contributed by atoms with Crippen molar-refractivity contribution in [3.05, 3.63) is 21.6 Å². The van der Waals surface area contributed by atoms with Gasteiger partial charge in [0.15, 0.2) is 0 Å². The Balaban J connectivity index is 2.97. The van der Waals surface area contributed by atoms with Gasteiger partial charge in [-0.1, -0.05) is 11.6 Å². The van der Waals surface area contributed by atoms with Crippen LogP contribution in [0.5, 0.6) is 0 Å².